The second-order valence-corrected chi connectivity index (χ2v) is 3.42. The molecule has 0 radical (unpaired) electrons. The van der Waals surface area contributed by atoms with Crippen LogP contribution in [0.15, 0.2) is 0 Å². The summed E-state index contributed by atoms with van der Waals surface area (Å²) < 4.78 is 5.55. The topological polar surface area (TPSA) is 9.23 Å². The van der Waals surface area contributed by atoms with Crippen molar-refractivity contribution < 1.29 is 4.74 Å². The third kappa shape index (κ3) is 0.787. The molecule has 2 fully saturated rings. The van der Waals surface area contributed by atoms with Gasteiger partial charge in [-0.05, 0) is 31.1 Å². The molecule has 1 aliphatic carbocycles. The average molecular weight is 126 g/mol. The highest BCUT2D eigenvalue weighted by atomic mass is 16.5. The van der Waals surface area contributed by atoms with Gasteiger partial charge in [-0.1, -0.05) is 6.92 Å². The molecule has 0 spiro atoms. The lowest BCUT2D eigenvalue weighted by molar-refractivity contribution is 0.100. The molecule has 0 unspecified atom stereocenters. The Labute approximate surface area is 56.4 Å². The first-order valence-electron chi connectivity index (χ1n) is 3.99. The van der Waals surface area contributed by atoms with Gasteiger partial charge in [0.2, 0.25) is 0 Å². The van der Waals surface area contributed by atoms with Gasteiger partial charge in [0, 0.05) is 6.61 Å². The summed E-state index contributed by atoms with van der Waals surface area (Å²) in [7, 11) is 0. The molecule has 0 aromatic rings. The number of rotatable bonds is 0. The van der Waals surface area contributed by atoms with Crippen LogP contribution in [0.4, 0.5) is 0 Å². The summed E-state index contributed by atoms with van der Waals surface area (Å²) in [5.41, 5.74) is 0. The van der Waals surface area contributed by atoms with Crippen molar-refractivity contribution in [1.82, 2.24) is 0 Å². The molecule has 9 heavy (non-hydrogen) atoms. The zero-order valence-electron chi connectivity index (χ0n) is 5.97. The summed E-state index contributed by atoms with van der Waals surface area (Å²) in [4.78, 5) is 0. The molecule has 1 nitrogen and oxygen atoms in total. The van der Waals surface area contributed by atoms with Crippen LogP contribution < -0.4 is 0 Å². The molecule has 1 heterocycles. The van der Waals surface area contributed by atoms with Gasteiger partial charge in [0.15, 0.2) is 0 Å². The van der Waals surface area contributed by atoms with E-state index >= 15 is 0 Å². The first kappa shape index (κ1) is 5.72. The predicted molar refractivity (Wildman–Crippen MR) is 36.2 cm³/mol. The number of ether oxygens (including phenoxy) is 1. The van der Waals surface area contributed by atoms with E-state index in [0.717, 1.165) is 18.4 Å². The van der Waals surface area contributed by atoms with E-state index in [-0.39, 0.29) is 0 Å². The fourth-order valence-electron chi connectivity index (χ4n) is 2.25. The zero-order chi connectivity index (χ0) is 6.27. The molecule has 1 aliphatic heterocycles. The van der Waals surface area contributed by atoms with E-state index < -0.39 is 0 Å². The molecule has 0 amide bonds. The van der Waals surface area contributed by atoms with Crippen LogP contribution in [0, 0.1) is 11.8 Å². The molecule has 0 aromatic carbocycles. The molecule has 1 saturated carbocycles. The smallest absolute Gasteiger partial charge is 0.0606 e. The lowest BCUT2D eigenvalue weighted by Gasteiger charge is -2.10. The highest BCUT2D eigenvalue weighted by Crippen LogP contribution is 2.39. The van der Waals surface area contributed by atoms with Crippen LogP contribution in [-0.2, 0) is 4.74 Å². The van der Waals surface area contributed by atoms with Gasteiger partial charge in [-0.15, -0.1) is 0 Å². The lowest BCUT2D eigenvalue weighted by atomic mass is 9.96. The molecule has 52 valence electrons. The van der Waals surface area contributed by atoms with Crippen molar-refractivity contribution in [3.05, 3.63) is 0 Å². The standard InChI is InChI=1S/C8H14O/c1-6-2-3-8-7(6)4-5-9-8/h6-8H,2-5H2,1H3/t6-,7+,8-/m1/s1. The Kier molecular flexibility index (Phi) is 1.26. The maximum atomic E-state index is 5.55. The lowest BCUT2D eigenvalue weighted by Crippen LogP contribution is -2.10. The number of hydrogen-bond donors (Lipinski definition) is 0. The van der Waals surface area contributed by atoms with Crippen molar-refractivity contribution >= 4 is 0 Å². The van der Waals surface area contributed by atoms with E-state index in [1.807, 2.05) is 0 Å². The Bertz CT molecular complexity index is 111. The zero-order valence-corrected chi connectivity index (χ0v) is 5.97. The molecule has 1 heteroatoms. The van der Waals surface area contributed by atoms with Gasteiger partial charge in [-0.25, -0.2) is 0 Å². The molecular formula is C8H14O. The Morgan fingerprint density at radius 1 is 1.22 bits per heavy atom. The van der Waals surface area contributed by atoms with Gasteiger partial charge in [-0.3, -0.25) is 0 Å². The van der Waals surface area contributed by atoms with Crippen LogP contribution in [0.1, 0.15) is 26.2 Å². The maximum Gasteiger partial charge on any atom is 0.0606 e. The van der Waals surface area contributed by atoms with E-state index in [2.05, 4.69) is 6.92 Å². The van der Waals surface area contributed by atoms with Crippen LogP contribution in [0.2, 0.25) is 0 Å². The van der Waals surface area contributed by atoms with Crippen molar-refractivity contribution in [2.24, 2.45) is 11.8 Å². The van der Waals surface area contributed by atoms with E-state index in [0.29, 0.717) is 6.10 Å². The van der Waals surface area contributed by atoms with Crippen LogP contribution in [0.3, 0.4) is 0 Å². The SMILES string of the molecule is C[C@@H]1CC[C@H]2OCC[C@@H]12. The Balaban J connectivity index is 2.07. The minimum atomic E-state index is 0.653. The molecule has 0 N–H and O–H groups in total. The molecule has 2 aliphatic rings. The summed E-state index contributed by atoms with van der Waals surface area (Å²) >= 11 is 0. The normalized spacial score (nSPS) is 49.7. The second-order valence-electron chi connectivity index (χ2n) is 3.42. The van der Waals surface area contributed by atoms with Crippen molar-refractivity contribution in [1.29, 1.82) is 0 Å². The Morgan fingerprint density at radius 3 is 2.89 bits per heavy atom. The first-order chi connectivity index (χ1) is 4.38. The van der Waals surface area contributed by atoms with Crippen molar-refractivity contribution in [2.75, 3.05) is 6.61 Å². The summed E-state index contributed by atoms with van der Waals surface area (Å²) in [6.07, 6.45) is 4.70. The van der Waals surface area contributed by atoms with Crippen LogP contribution in [0.25, 0.3) is 0 Å². The van der Waals surface area contributed by atoms with Gasteiger partial charge < -0.3 is 4.74 Å². The van der Waals surface area contributed by atoms with Crippen LogP contribution >= 0.6 is 0 Å². The summed E-state index contributed by atoms with van der Waals surface area (Å²) in [5, 5.41) is 0. The molecule has 1 saturated heterocycles. The molecule has 0 aromatic heterocycles. The molecule has 2 rings (SSSR count). The summed E-state index contributed by atoms with van der Waals surface area (Å²) in [6.45, 7) is 3.39. The van der Waals surface area contributed by atoms with E-state index in [9.17, 15) is 0 Å². The highest BCUT2D eigenvalue weighted by Gasteiger charge is 2.37. The van der Waals surface area contributed by atoms with E-state index in [1.54, 1.807) is 0 Å². The number of fused-ring (bicyclic) bond motifs is 1. The van der Waals surface area contributed by atoms with Crippen LogP contribution in [0.5, 0.6) is 0 Å². The Morgan fingerprint density at radius 2 is 2.11 bits per heavy atom. The third-order valence-electron chi connectivity index (χ3n) is 2.90. The van der Waals surface area contributed by atoms with Crippen LogP contribution in [-0.4, -0.2) is 12.7 Å². The van der Waals surface area contributed by atoms with Gasteiger partial charge in [0.25, 0.3) is 0 Å². The van der Waals surface area contributed by atoms with E-state index in [1.165, 1.54) is 19.3 Å². The number of hydrogen-bond acceptors (Lipinski definition) is 1. The summed E-state index contributed by atoms with van der Waals surface area (Å²) in [6, 6.07) is 0. The van der Waals surface area contributed by atoms with Crippen molar-refractivity contribution in [2.45, 2.75) is 32.3 Å². The largest absolute Gasteiger partial charge is 0.378 e. The van der Waals surface area contributed by atoms with E-state index in [4.69, 9.17) is 4.74 Å². The average Bonchev–Trinajstić information content (AvgIpc) is 2.35. The minimum Gasteiger partial charge on any atom is -0.378 e. The fraction of sp³-hybridized carbons (Fsp3) is 1.00. The maximum absolute atomic E-state index is 5.55. The fourth-order valence-corrected chi connectivity index (χ4v) is 2.25. The first-order valence-corrected chi connectivity index (χ1v) is 3.99. The minimum absolute atomic E-state index is 0.653. The quantitative estimate of drug-likeness (QED) is 0.481. The van der Waals surface area contributed by atoms with Crippen molar-refractivity contribution in [3.63, 3.8) is 0 Å². The molecule has 3 atom stereocenters. The Hall–Kier alpha value is -0.0400. The second kappa shape index (κ2) is 1.98. The van der Waals surface area contributed by atoms with Gasteiger partial charge in [-0.2, -0.15) is 0 Å². The predicted octanol–water partition coefficient (Wildman–Crippen LogP) is 1.82. The monoisotopic (exact) mass is 126 g/mol. The van der Waals surface area contributed by atoms with Gasteiger partial charge >= 0.3 is 0 Å². The highest BCUT2D eigenvalue weighted by molar-refractivity contribution is 4.86. The summed E-state index contributed by atoms with van der Waals surface area (Å²) in [5.74, 6) is 1.86. The third-order valence-corrected chi connectivity index (χ3v) is 2.90. The van der Waals surface area contributed by atoms with Crippen molar-refractivity contribution in [3.8, 4) is 0 Å². The molecule has 0 bridgehead atoms. The van der Waals surface area contributed by atoms with Gasteiger partial charge in [0.1, 0.15) is 0 Å². The van der Waals surface area contributed by atoms with Gasteiger partial charge in [0.05, 0.1) is 6.10 Å². The molecular weight excluding hydrogens is 112 g/mol.